The molecule has 0 bridgehead atoms. The van der Waals surface area contributed by atoms with Crippen LogP contribution in [0.1, 0.15) is 24.8 Å². The Balaban J connectivity index is 1.76. The molecule has 4 rings (SSSR count). The Hall–Kier alpha value is -2.81. The summed E-state index contributed by atoms with van der Waals surface area (Å²) in [4.78, 5) is 14.2. The van der Waals surface area contributed by atoms with Crippen LogP contribution in [0.25, 0.3) is 21.8 Å². The zero-order valence-electron chi connectivity index (χ0n) is 16.8. The summed E-state index contributed by atoms with van der Waals surface area (Å²) in [6.07, 6.45) is 1.60. The first-order valence-corrected chi connectivity index (χ1v) is 12.2. The monoisotopic (exact) mass is 470 g/mol. The fraction of sp³-hybridized carbons (Fsp3) is 0.136. The van der Waals surface area contributed by atoms with E-state index < -0.39 is 10.0 Å². The molecule has 31 heavy (non-hydrogen) atoms. The summed E-state index contributed by atoms with van der Waals surface area (Å²) in [7, 11) is -3.69. The van der Waals surface area contributed by atoms with Crippen molar-refractivity contribution in [1.29, 1.82) is 0 Å². The van der Waals surface area contributed by atoms with Gasteiger partial charge in [-0.25, -0.2) is 23.4 Å². The van der Waals surface area contributed by atoms with Crippen molar-refractivity contribution in [1.82, 2.24) is 15.0 Å². The van der Waals surface area contributed by atoms with Gasteiger partial charge in [-0.2, -0.15) is 0 Å². The molecule has 0 aliphatic rings. The fourth-order valence-corrected chi connectivity index (χ4v) is 5.24. The van der Waals surface area contributed by atoms with E-state index in [2.05, 4.69) is 28.5 Å². The van der Waals surface area contributed by atoms with Crippen LogP contribution in [0.3, 0.4) is 0 Å². The molecule has 0 saturated carbocycles. The van der Waals surface area contributed by atoms with Crippen LogP contribution in [0, 0.1) is 0 Å². The van der Waals surface area contributed by atoms with Crippen LogP contribution in [-0.2, 0) is 10.0 Å². The topological polar surface area (TPSA) is 84.8 Å². The van der Waals surface area contributed by atoms with Crippen LogP contribution in [0.2, 0.25) is 5.28 Å². The second kappa shape index (κ2) is 8.74. The molecule has 0 saturated heterocycles. The largest absolute Gasteiger partial charge is 0.280 e. The van der Waals surface area contributed by atoms with Gasteiger partial charge in [-0.1, -0.05) is 44.2 Å². The SMILES string of the molecule is CC(C)c1nc(-c2cccc(NS(=O)(=O)c3ccccc3)c2)c(-c2ccnc(Cl)n2)s1. The van der Waals surface area contributed by atoms with Gasteiger partial charge >= 0.3 is 0 Å². The summed E-state index contributed by atoms with van der Waals surface area (Å²) < 4.78 is 28.1. The van der Waals surface area contributed by atoms with Gasteiger partial charge in [0.05, 0.1) is 26.2 Å². The molecule has 2 heterocycles. The van der Waals surface area contributed by atoms with Crippen LogP contribution >= 0.6 is 22.9 Å². The molecule has 0 aliphatic carbocycles. The van der Waals surface area contributed by atoms with E-state index >= 15 is 0 Å². The first-order chi connectivity index (χ1) is 14.8. The van der Waals surface area contributed by atoms with Gasteiger partial charge in [-0.3, -0.25) is 4.72 Å². The molecule has 0 fully saturated rings. The number of nitrogens with zero attached hydrogens (tertiary/aromatic N) is 3. The first-order valence-electron chi connectivity index (χ1n) is 9.51. The highest BCUT2D eigenvalue weighted by molar-refractivity contribution is 7.92. The lowest BCUT2D eigenvalue weighted by Crippen LogP contribution is -2.12. The standard InChI is InChI=1S/C22H19ClN4O2S2/c1-14(2)21-26-19(20(30-21)18-11-12-24-22(23)25-18)15-7-6-8-16(13-15)27-31(28,29)17-9-4-3-5-10-17/h3-14,27H,1-2H3. The molecule has 1 N–H and O–H groups in total. The zero-order chi connectivity index (χ0) is 22.0. The Labute approximate surface area is 190 Å². The molecular formula is C22H19ClN4O2S2. The van der Waals surface area contributed by atoms with Crippen LogP contribution in [0.4, 0.5) is 5.69 Å². The highest BCUT2D eigenvalue weighted by atomic mass is 35.5. The Morgan fingerprint density at radius 3 is 2.48 bits per heavy atom. The third-order valence-corrected chi connectivity index (χ3v) is 7.40. The van der Waals surface area contributed by atoms with Crippen molar-refractivity contribution in [3.63, 3.8) is 0 Å². The maximum absolute atomic E-state index is 12.7. The quantitative estimate of drug-likeness (QED) is 0.357. The molecule has 0 aliphatic heterocycles. The maximum atomic E-state index is 12.7. The molecule has 0 radical (unpaired) electrons. The molecule has 6 nitrogen and oxygen atoms in total. The van der Waals surface area contributed by atoms with E-state index in [1.165, 1.54) is 0 Å². The van der Waals surface area contributed by atoms with Gasteiger partial charge in [-0.05, 0) is 41.9 Å². The molecule has 9 heteroatoms. The van der Waals surface area contributed by atoms with E-state index in [0.29, 0.717) is 11.4 Å². The Morgan fingerprint density at radius 2 is 1.77 bits per heavy atom. The van der Waals surface area contributed by atoms with Crippen molar-refractivity contribution >= 4 is 38.6 Å². The van der Waals surface area contributed by atoms with E-state index in [1.54, 1.807) is 72.1 Å². The predicted molar refractivity (Wildman–Crippen MR) is 125 cm³/mol. The van der Waals surface area contributed by atoms with Crippen LogP contribution in [0.5, 0.6) is 0 Å². The average molecular weight is 471 g/mol. The number of hydrogen-bond donors (Lipinski definition) is 1. The maximum Gasteiger partial charge on any atom is 0.261 e. The second-order valence-corrected chi connectivity index (χ2v) is 10.1. The third-order valence-electron chi connectivity index (χ3n) is 4.44. The van der Waals surface area contributed by atoms with Crippen LogP contribution in [0.15, 0.2) is 71.8 Å². The van der Waals surface area contributed by atoms with Crippen molar-refractivity contribution in [2.75, 3.05) is 4.72 Å². The Bertz CT molecular complexity index is 1320. The Morgan fingerprint density at radius 1 is 1.00 bits per heavy atom. The van der Waals surface area contributed by atoms with Crippen LogP contribution in [-0.4, -0.2) is 23.4 Å². The van der Waals surface area contributed by atoms with E-state index in [4.69, 9.17) is 16.6 Å². The molecule has 0 amide bonds. The Kier molecular flexibility index (Phi) is 6.04. The van der Waals surface area contributed by atoms with E-state index in [0.717, 1.165) is 21.1 Å². The van der Waals surface area contributed by atoms with Gasteiger partial charge < -0.3 is 0 Å². The molecule has 0 atom stereocenters. The summed E-state index contributed by atoms with van der Waals surface area (Å²) in [5.74, 6) is 0.231. The highest BCUT2D eigenvalue weighted by Gasteiger charge is 2.19. The lowest BCUT2D eigenvalue weighted by Gasteiger charge is -2.10. The van der Waals surface area contributed by atoms with E-state index in [9.17, 15) is 8.42 Å². The van der Waals surface area contributed by atoms with Gasteiger partial charge in [0, 0.05) is 23.4 Å². The van der Waals surface area contributed by atoms with Crippen LogP contribution < -0.4 is 4.72 Å². The number of sulfonamides is 1. The highest BCUT2D eigenvalue weighted by Crippen LogP contribution is 2.39. The predicted octanol–water partition coefficient (Wildman–Crippen LogP) is 5.84. The van der Waals surface area contributed by atoms with Crippen molar-refractivity contribution in [2.45, 2.75) is 24.7 Å². The summed E-state index contributed by atoms with van der Waals surface area (Å²) >= 11 is 7.55. The second-order valence-electron chi connectivity index (χ2n) is 7.09. The van der Waals surface area contributed by atoms with Gasteiger partial charge in [0.25, 0.3) is 10.0 Å². The lowest BCUT2D eigenvalue weighted by molar-refractivity contribution is 0.601. The van der Waals surface area contributed by atoms with Gasteiger partial charge in [0.2, 0.25) is 5.28 Å². The molecular weight excluding hydrogens is 452 g/mol. The zero-order valence-corrected chi connectivity index (χ0v) is 19.2. The van der Waals surface area contributed by atoms with Gasteiger partial charge in [-0.15, -0.1) is 11.3 Å². The smallest absolute Gasteiger partial charge is 0.261 e. The van der Waals surface area contributed by atoms with Crippen molar-refractivity contribution < 1.29 is 8.42 Å². The number of thiazole rings is 1. The third kappa shape index (κ3) is 4.76. The lowest BCUT2D eigenvalue weighted by atomic mass is 10.1. The van der Waals surface area contributed by atoms with Crippen molar-refractivity contribution in [3.8, 4) is 21.8 Å². The normalized spacial score (nSPS) is 11.6. The van der Waals surface area contributed by atoms with E-state index in [-0.39, 0.29) is 16.1 Å². The van der Waals surface area contributed by atoms with Crippen molar-refractivity contribution in [3.05, 3.63) is 77.2 Å². The number of rotatable bonds is 6. The summed E-state index contributed by atoms with van der Waals surface area (Å²) in [5, 5.41) is 1.11. The number of benzene rings is 2. The van der Waals surface area contributed by atoms with Gasteiger partial charge in [0.1, 0.15) is 0 Å². The molecule has 2 aromatic carbocycles. The summed E-state index contributed by atoms with van der Waals surface area (Å²) in [5.41, 5.74) is 2.63. The number of hydrogen-bond acceptors (Lipinski definition) is 6. The van der Waals surface area contributed by atoms with Crippen molar-refractivity contribution in [2.24, 2.45) is 0 Å². The minimum absolute atomic E-state index is 0.160. The molecule has 4 aromatic rings. The summed E-state index contributed by atoms with van der Waals surface area (Å²) in [6, 6.07) is 17.2. The first kappa shape index (κ1) is 21.4. The van der Waals surface area contributed by atoms with Gasteiger partial charge in [0.15, 0.2) is 0 Å². The molecule has 158 valence electrons. The number of anilines is 1. The summed E-state index contributed by atoms with van der Waals surface area (Å²) in [6.45, 7) is 4.15. The molecule has 0 unspecified atom stereocenters. The fourth-order valence-electron chi connectivity index (χ4n) is 2.96. The number of aromatic nitrogens is 3. The van der Waals surface area contributed by atoms with E-state index in [1.807, 2.05) is 6.07 Å². The molecule has 2 aromatic heterocycles. The minimum Gasteiger partial charge on any atom is -0.280 e. The number of halogens is 1. The number of nitrogens with one attached hydrogen (secondary N) is 1. The molecule has 0 spiro atoms. The minimum atomic E-state index is -3.69. The average Bonchev–Trinajstić information content (AvgIpc) is 3.20.